The van der Waals surface area contributed by atoms with Gasteiger partial charge in [0.1, 0.15) is 5.75 Å². The van der Waals surface area contributed by atoms with Crippen molar-refractivity contribution in [1.82, 2.24) is 4.90 Å². The number of hydrogen-bond acceptors (Lipinski definition) is 3. The van der Waals surface area contributed by atoms with Gasteiger partial charge in [-0.05, 0) is 46.5 Å². The summed E-state index contributed by atoms with van der Waals surface area (Å²) in [5.74, 6) is 0.983. The van der Waals surface area contributed by atoms with Crippen LogP contribution in [-0.2, 0) is 4.79 Å². The maximum Gasteiger partial charge on any atom is 0.223 e. The molecule has 1 amide bonds. The molecule has 0 aliphatic carbocycles. The molecule has 1 aliphatic heterocycles. The van der Waals surface area contributed by atoms with E-state index < -0.39 is 0 Å². The number of hydrogen-bond donors (Lipinski definition) is 1. The lowest BCUT2D eigenvalue weighted by Gasteiger charge is -2.40. The Morgan fingerprint density at radius 3 is 2.85 bits per heavy atom. The monoisotopic (exact) mass is 340 g/mol. The van der Waals surface area contributed by atoms with Crippen LogP contribution in [0.1, 0.15) is 37.8 Å². The molecule has 0 bridgehead atoms. The summed E-state index contributed by atoms with van der Waals surface area (Å²) in [7, 11) is 1.64. The third-order valence-electron chi connectivity index (χ3n) is 3.74. The summed E-state index contributed by atoms with van der Waals surface area (Å²) >= 11 is 3.50. The topological polar surface area (TPSA) is 55.6 Å². The molecule has 0 radical (unpaired) electrons. The Labute approximate surface area is 128 Å². The highest BCUT2D eigenvalue weighted by Crippen LogP contribution is 2.35. The third-order valence-corrected chi connectivity index (χ3v) is 4.35. The van der Waals surface area contributed by atoms with Gasteiger partial charge in [0.25, 0.3) is 0 Å². The van der Waals surface area contributed by atoms with Crippen molar-refractivity contribution in [3.8, 4) is 5.75 Å². The summed E-state index contributed by atoms with van der Waals surface area (Å²) in [6.07, 6.45) is 2.23. The fourth-order valence-electron chi connectivity index (χ4n) is 2.78. The molecule has 2 atom stereocenters. The molecule has 2 unspecified atom stereocenters. The van der Waals surface area contributed by atoms with Crippen LogP contribution in [0.25, 0.3) is 0 Å². The molecular weight excluding hydrogens is 320 g/mol. The largest absolute Gasteiger partial charge is 0.496 e. The number of nitrogens with two attached hydrogens (primary N) is 1. The van der Waals surface area contributed by atoms with Gasteiger partial charge in [0.05, 0.1) is 17.6 Å². The van der Waals surface area contributed by atoms with Crippen LogP contribution < -0.4 is 10.5 Å². The van der Waals surface area contributed by atoms with Gasteiger partial charge in [-0.15, -0.1) is 0 Å². The first kappa shape index (κ1) is 15.3. The van der Waals surface area contributed by atoms with Gasteiger partial charge in [-0.25, -0.2) is 0 Å². The molecule has 0 saturated carbocycles. The zero-order valence-electron chi connectivity index (χ0n) is 11.9. The number of carbonyl (C=O) groups is 1. The molecule has 1 aromatic rings. The minimum Gasteiger partial charge on any atom is -0.496 e. The van der Waals surface area contributed by atoms with Crippen molar-refractivity contribution in [3.05, 3.63) is 28.2 Å². The van der Waals surface area contributed by atoms with Crippen molar-refractivity contribution in [3.63, 3.8) is 0 Å². The number of methoxy groups -OCH3 is 1. The SMILES string of the molecule is CCCN1C(=O)CCC(N)C1c1ccc(OC)c(Br)c1. The number of piperidine rings is 1. The number of ether oxygens (including phenoxy) is 1. The Morgan fingerprint density at radius 2 is 2.25 bits per heavy atom. The molecule has 1 saturated heterocycles. The van der Waals surface area contributed by atoms with Gasteiger partial charge >= 0.3 is 0 Å². The van der Waals surface area contributed by atoms with E-state index in [4.69, 9.17) is 10.5 Å². The van der Waals surface area contributed by atoms with Crippen LogP contribution in [0, 0.1) is 0 Å². The lowest BCUT2D eigenvalue weighted by Crippen LogP contribution is -2.49. The number of halogens is 1. The molecule has 1 aromatic carbocycles. The molecule has 2 N–H and O–H groups in total. The van der Waals surface area contributed by atoms with E-state index in [2.05, 4.69) is 22.9 Å². The molecule has 0 spiro atoms. The molecule has 1 heterocycles. The van der Waals surface area contributed by atoms with Crippen LogP contribution in [0.5, 0.6) is 5.75 Å². The first-order chi connectivity index (χ1) is 9.58. The first-order valence-corrected chi connectivity index (χ1v) is 7.76. The summed E-state index contributed by atoms with van der Waals surface area (Å²) < 4.78 is 6.14. The average Bonchev–Trinajstić information content (AvgIpc) is 2.43. The Kier molecular flexibility index (Phi) is 5.05. The highest BCUT2D eigenvalue weighted by atomic mass is 79.9. The van der Waals surface area contributed by atoms with Crippen LogP contribution in [0.3, 0.4) is 0 Å². The zero-order valence-corrected chi connectivity index (χ0v) is 13.5. The van der Waals surface area contributed by atoms with Crippen LogP contribution >= 0.6 is 15.9 Å². The lowest BCUT2D eigenvalue weighted by molar-refractivity contribution is -0.137. The van der Waals surface area contributed by atoms with Gasteiger partial charge < -0.3 is 15.4 Å². The smallest absolute Gasteiger partial charge is 0.223 e. The number of carbonyl (C=O) groups excluding carboxylic acids is 1. The molecule has 1 fully saturated rings. The summed E-state index contributed by atoms with van der Waals surface area (Å²) in [5, 5.41) is 0. The van der Waals surface area contributed by atoms with E-state index in [-0.39, 0.29) is 18.0 Å². The number of rotatable bonds is 4. The van der Waals surface area contributed by atoms with E-state index in [9.17, 15) is 4.79 Å². The van der Waals surface area contributed by atoms with Crippen molar-refractivity contribution in [2.45, 2.75) is 38.3 Å². The number of likely N-dealkylation sites (tertiary alicyclic amines) is 1. The molecule has 1 aliphatic rings. The van der Waals surface area contributed by atoms with Gasteiger partial charge in [-0.1, -0.05) is 13.0 Å². The summed E-state index contributed by atoms with van der Waals surface area (Å²) in [5.41, 5.74) is 7.34. The molecule has 5 heteroatoms. The van der Waals surface area contributed by atoms with Crippen LogP contribution in [-0.4, -0.2) is 30.5 Å². The van der Waals surface area contributed by atoms with Gasteiger partial charge in [0.2, 0.25) is 5.91 Å². The average molecular weight is 341 g/mol. The van der Waals surface area contributed by atoms with E-state index in [1.165, 1.54) is 0 Å². The van der Waals surface area contributed by atoms with Crippen LogP contribution in [0.4, 0.5) is 0 Å². The Bertz CT molecular complexity index is 493. The number of benzene rings is 1. The van der Waals surface area contributed by atoms with Crippen LogP contribution in [0.2, 0.25) is 0 Å². The van der Waals surface area contributed by atoms with E-state index >= 15 is 0 Å². The summed E-state index contributed by atoms with van der Waals surface area (Å²) in [4.78, 5) is 14.1. The van der Waals surface area contributed by atoms with Gasteiger partial charge in [-0.2, -0.15) is 0 Å². The van der Waals surface area contributed by atoms with Crippen LogP contribution in [0.15, 0.2) is 22.7 Å². The van der Waals surface area contributed by atoms with Crippen molar-refractivity contribution in [2.24, 2.45) is 5.73 Å². The molecule has 4 nitrogen and oxygen atoms in total. The standard InChI is InChI=1S/C15H21BrN2O2/c1-3-8-18-14(19)7-5-12(17)15(18)10-4-6-13(20-2)11(16)9-10/h4,6,9,12,15H,3,5,7-8,17H2,1-2H3. The van der Waals surface area contributed by atoms with Gasteiger partial charge in [-0.3, -0.25) is 4.79 Å². The summed E-state index contributed by atoms with van der Waals surface area (Å²) in [6.45, 7) is 2.83. The molecule has 2 rings (SSSR count). The fourth-order valence-corrected chi connectivity index (χ4v) is 3.33. The summed E-state index contributed by atoms with van der Waals surface area (Å²) in [6, 6.07) is 5.85. The lowest BCUT2D eigenvalue weighted by atomic mass is 9.90. The Hall–Kier alpha value is -1.07. The third kappa shape index (κ3) is 2.99. The number of nitrogens with zero attached hydrogens (tertiary/aromatic N) is 1. The van der Waals surface area contributed by atoms with E-state index in [0.29, 0.717) is 6.42 Å². The first-order valence-electron chi connectivity index (χ1n) is 6.97. The van der Waals surface area contributed by atoms with E-state index in [1.807, 2.05) is 23.1 Å². The molecule has 20 heavy (non-hydrogen) atoms. The predicted octanol–water partition coefficient (Wildman–Crippen LogP) is 2.86. The Morgan fingerprint density at radius 1 is 1.50 bits per heavy atom. The van der Waals surface area contributed by atoms with Crippen molar-refractivity contribution < 1.29 is 9.53 Å². The zero-order chi connectivity index (χ0) is 14.7. The fraction of sp³-hybridized carbons (Fsp3) is 0.533. The molecule has 0 aromatic heterocycles. The Balaban J connectivity index is 2.35. The van der Waals surface area contributed by atoms with Crippen molar-refractivity contribution in [1.29, 1.82) is 0 Å². The number of amides is 1. The minimum atomic E-state index is -0.0431. The van der Waals surface area contributed by atoms with E-state index in [1.54, 1.807) is 7.11 Å². The molecule has 110 valence electrons. The maximum atomic E-state index is 12.2. The second-order valence-electron chi connectivity index (χ2n) is 5.13. The highest BCUT2D eigenvalue weighted by Gasteiger charge is 2.34. The second-order valence-corrected chi connectivity index (χ2v) is 5.98. The molecular formula is C15H21BrN2O2. The van der Waals surface area contributed by atoms with Crippen molar-refractivity contribution >= 4 is 21.8 Å². The van der Waals surface area contributed by atoms with Crippen molar-refractivity contribution in [2.75, 3.05) is 13.7 Å². The maximum absolute atomic E-state index is 12.2. The quantitative estimate of drug-likeness (QED) is 0.916. The predicted molar refractivity (Wildman–Crippen MR) is 82.6 cm³/mol. The van der Waals surface area contributed by atoms with Gasteiger partial charge in [0, 0.05) is 19.0 Å². The van der Waals surface area contributed by atoms with Gasteiger partial charge in [0.15, 0.2) is 0 Å². The van der Waals surface area contributed by atoms with E-state index in [0.717, 1.165) is 35.2 Å². The normalized spacial score (nSPS) is 23.0. The second kappa shape index (κ2) is 6.59. The highest BCUT2D eigenvalue weighted by molar-refractivity contribution is 9.10. The minimum absolute atomic E-state index is 0.0143.